The van der Waals surface area contributed by atoms with Gasteiger partial charge >= 0.3 is 0 Å². The molecule has 0 aromatic carbocycles. The van der Waals surface area contributed by atoms with E-state index in [1.807, 2.05) is 11.8 Å². The van der Waals surface area contributed by atoms with Gasteiger partial charge in [-0.15, -0.1) is 24.0 Å². The molecule has 9 heteroatoms. The number of amides is 2. The zero-order valence-electron chi connectivity index (χ0n) is 15.9. The van der Waals surface area contributed by atoms with E-state index in [4.69, 9.17) is 0 Å². The molecule has 0 aromatic rings. The second-order valence-electron chi connectivity index (χ2n) is 6.60. The summed E-state index contributed by atoms with van der Waals surface area (Å²) >= 11 is 0. The van der Waals surface area contributed by atoms with E-state index in [1.54, 1.807) is 6.92 Å². The fourth-order valence-corrected chi connectivity index (χ4v) is 2.79. The molecule has 0 spiro atoms. The fraction of sp³-hybridized carbons (Fsp3) is 0.824. The number of guanidine groups is 1. The summed E-state index contributed by atoms with van der Waals surface area (Å²) in [4.78, 5) is 31.7. The van der Waals surface area contributed by atoms with Crippen molar-refractivity contribution < 1.29 is 9.59 Å². The number of nitrogens with zero attached hydrogens (tertiary/aromatic N) is 3. The van der Waals surface area contributed by atoms with Crippen molar-refractivity contribution in [2.45, 2.75) is 26.7 Å². The number of carbonyl (C=O) groups excluding carboxylic acids is 2. The highest BCUT2D eigenvalue weighted by molar-refractivity contribution is 14.0. The number of rotatable bonds is 8. The lowest BCUT2D eigenvalue weighted by atomic mass is 10.3. The predicted molar refractivity (Wildman–Crippen MR) is 114 cm³/mol. The molecule has 2 aliphatic rings. The minimum absolute atomic E-state index is 0. The molecule has 1 aliphatic heterocycles. The van der Waals surface area contributed by atoms with Gasteiger partial charge in [0.05, 0.1) is 6.54 Å². The highest BCUT2D eigenvalue weighted by Crippen LogP contribution is 2.28. The summed E-state index contributed by atoms with van der Waals surface area (Å²) in [5.41, 5.74) is 0. The fourth-order valence-electron chi connectivity index (χ4n) is 2.79. The maximum atomic E-state index is 11.6. The van der Waals surface area contributed by atoms with Gasteiger partial charge in [0, 0.05) is 65.2 Å². The molecule has 0 atom stereocenters. The predicted octanol–water partition coefficient (Wildman–Crippen LogP) is -0.150. The van der Waals surface area contributed by atoms with Gasteiger partial charge in [-0.3, -0.25) is 19.5 Å². The summed E-state index contributed by atoms with van der Waals surface area (Å²) in [7, 11) is 0. The van der Waals surface area contributed by atoms with Crippen LogP contribution in [0, 0.1) is 5.92 Å². The van der Waals surface area contributed by atoms with Crippen LogP contribution in [-0.2, 0) is 9.59 Å². The average Bonchev–Trinajstić information content (AvgIpc) is 3.44. The van der Waals surface area contributed by atoms with Crippen LogP contribution < -0.4 is 16.0 Å². The minimum atomic E-state index is 0. The number of piperazine rings is 1. The number of aliphatic imine (C=N–C) groups is 1. The van der Waals surface area contributed by atoms with Crippen molar-refractivity contribution in [1.29, 1.82) is 0 Å². The monoisotopic (exact) mass is 480 g/mol. The molecule has 0 bridgehead atoms. The van der Waals surface area contributed by atoms with Gasteiger partial charge in [-0.25, -0.2) is 0 Å². The van der Waals surface area contributed by atoms with E-state index in [-0.39, 0.29) is 41.7 Å². The van der Waals surface area contributed by atoms with E-state index in [0.29, 0.717) is 19.6 Å². The first-order valence-electron chi connectivity index (χ1n) is 9.38. The van der Waals surface area contributed by atoms with Gasteiger partial charge in [0.1, 0.15) is 0 Å². The highest BCUT2D eigenvalue weighted by atomic mass is 127. The van der Waals surface area contributed by atoms with E-state index < -0.39 is 0 Å². The van der Waals surface area contributed by atoms with Crippen LogP contribution in [0.4, 0.5) is 0 Å². The summed E-state index contributed by atoms with van der Waals surface area (Å²) in [5.74, 6) is 1.37. The topological polar surface area (TPSA) is 89.1 Å². The number of nitrogens with one attached hydrogen (secondary N) is 3. The first kappa shape index (κ1) is 22.9. The van der Waals surface area contributed by atoms with Crippen LogP contribution in [0.25, 0.3) is 0 Å². The van der Waals surface area contributed by atoms with Crippen LogP contribution in [0.5, 0.6) is 0 Å². The normalized spacial score (nSPS) is 18.1. The first-order valence-corrected chi connectivity index (χ1v) is 9.38. The molecule has 2 amide bonds. The largest absolute Gasteiger partial charge is 0.357 e. The molecule has 8 nitrogen and oxygen atoms in total. The molecule has 1 aliphatic carbocycles. The maximum Gasteiger partial charge on any atom is 0.223 e. The van der Waals surface area contributed by atoms with E-state index in [1.165, 1.54) is 0 Å². The van der Waals surface area contributed by atoms with E-state index in [9.17, 15) is 9.59 Å². The molecule has 0 radical (unpaired) electrons. The standard InChI is InChI=1S/C17H32N6O2.HI/c1-3-18-17(20-7-6-19-16(25)15-4-5-15)21-8-9-22-10-12-23(13-11-22)14(2)24;/h15H,3-13H2,1-2H3,(H,19,25)(H2,18,20,21);1H. The van der Waals surface area contributed by atoms with Crippen molar-refractivity contribution in [3.8, 4) is 0 Å². The molecule has 2 fully saturated rings. The van der Waals surface area contributed by atoms with E-state index in [2.05, 4.69) is 25.8 Å². The summed E-state index contributed by atoms with van der Waals surface area (Å²) in [6.45, 7) is 10.8. The number of halogens is 1. The first-order chi connectivity index (χ1) is 12.1. The Balaban J connectivity index is 0.00000338. The molecule has 1 saturated carbocycles. The number of hydrogen-bond donors (Lipinski definition) is 3. The van der Waals surface area contributed by atoms with E-state index in [0.717, 1.165) is 58.1 Å². The van der Waals surface area contributed by atoms with Crippen molar-refractivity contribution in [2.75, 3.05) is 58.9 Å². The lowest BCUT2D eigenvalue weighted by molar-refractivity contribution is -0.130. The lowest BCUT2D eigenvalue weighted by Crippen LogP contribution is -2.48. The van der Waals surface area contributed by atoms with Crippen LogP contribution in [0.1, 0.15) is 26.7 Å². The SMILES string of the molecule is CCNC(=NCCN1CCN(C(C)=O)CC1)NCCNC(=O)C1CC1.I. The molecule has 1 heterocycles. The van der Waals surface area contributed by atoms with Gasteiger partial charge in [0.15, 0.2) is 5.96 Å². The van der Waals surface area contributed by atoms with Gasteiger partial charge in [-0.05, 0) is 19.8 Å². The van der Waals surface area contributed by atoms with Crippen LogP contribution in [0.15, 0.2) is 4.99 Å². The molecular weight excluding hydrogens is 447 g/mol. The van der Waals surface area contributed by atoms with Crippen LogP contribution >= 0.6 is 24.0 Å². The summed E-state index contributed by atoms with van der Waals surface area (Å²) < 4.78 is 0. The Morgan fingerprint density at radius 3 is 2.27 bits per heavy atom. The van der Waals surface area contributed by atoms with Gasteiger partial charge in [-0.1, -0.05) is 0 Å². The Morgan fingerprint density at radius 2 is 1.69 bits per heavy atom. The third-order valence-electron chi connectivity index (χ3n) is 4.51. The number of carbonyl (C=O) groups is 2. The summed E-state index contributed by atoms with van der Waals surface area (Å²) in [6.07, 6.45) is 2.06. The summed E-state index contributed by atoms with van der Waals surface area (Å²) in [6, 6.07) is 0. The maximum absolute atomic E-state index is 11.6. The molecular formula is C17H33IN6O2. The van der Waals surface area contributed by atoms with Crippen molar-refractivity contribution in [3.63, 3.8) is 0 Å². The van der Waals surface area contributed by atoms with Crippen molar-refractivity contribution in [1.82, 2.24) is 25.8 Å². The Labute approximate surface area is 173 Å². The van der Waals surface area contributed by atoms with Crippen molar-refractivity contribution >= 4 is 41.8 Å². The second kappa shape index (κ2) is 12.3. The molecule has 0 aromatic heterocycles. The van der Waals surface area contributed by atoms with Gasteiger partial charge in [0.25, 0.3) is 0 Å². The number of hydrogen-bond acceptors (Lipinski definition) is 4. The molecule has 3 N–H and O–H groups in total. The zero-order valence-corrected chi connectivity index (χ0v) is 18.3. The van der Waals surface area contributed by atoms with Gasteiger partial charge < -0.3 is 20.9 Å². The quantitative estimate of drug-likeness (QED) is 0.195. The zero-order chi connectivity index (χ0) is 18.1. The third-order valence-corrected chi connectivity index (χ3v) is 4.51. The smallest absolute Gasteiger partial charge is 0.223 e. The van der Waals surface area contributed by atoms with Crippen molar-refractivity contribution in [2.24, 2.45) is 10.9 Å². The molecule has 26 heavy (non-hydrogen) atoms. The Bertz CT molecular complexity index is 476. The minimum Gasteiger partial charge on any atom is -0.357 e. The average molecular weight is 480 g/mol. The van der Waals surface area contributed by atoms with Gasteiger partial charge in [-0.2, -0.15) is 0 Å². The van der Waals surface area contributed by atoms with Crippen LogP contribution in [0.3, 0.4) is 0 Å². The molecule has 0 unspecified atom stereocenters. The molecule has 150 valence electrons. The lowest BCUT2D eigenvalue weighted by Gasteiger charge is -2.33. The highest BCUT2D eigenvalue weighted by Gasteiger charge is 2.28. The van der Waals surface area contributed by atoms with Crippen LogP contribution in [0.2, 0.25) is 0 Å². The van der Waals surface area contributed by atoms with Crippen LogP contribution in [-0.4, -0.2) is 86.5 Å². The molecule has 1 saturated heterocycles. The van der Waals surface area contributed by atoms with E-state index >= 15 is 0 Å². The van der Waals surface area contributed by atoms with Crippen molar-refractivity contribution in [3.05, 3.63) is 0 Å². The van der Waals surface area contributed by atoms with Gasteiger partial charge in [0.2, 0.25) is 11.8 Å². The Hall–Kier alpha value is -1.10. The molecule has 2 rings (SSSR count). The Morgan fingerprint density at radius 1 is 1.04 bits per heavy atom. The third kappa shape index (κ3) is 8.52. The Kier molecular flexibility index (Phi) is 10.9. The summed E-state index contributed by atoms with van der Waals surface area (Å²) in [5, 5.41) is 9.41. The second-order valence-corrected chi connectivity index (χ2v) is 6.60.